The number of nitrogen functional groups attached to an aromatic ring is 1. The molecule has 88 valence electrons. The number of anilines is 2. The summed E-state index contributed by atoms with van der Waals surface area (Å²) in [5, 5.41) is 5.69. The minimum Gasteiger partial charge on any atom is -0.399 e. The topological polar surface area (TPSA) is 76.4 Å². The van der Waals surface area contributed by atoms with E-state index in [2.05, 4.69) is 10.6 Å². The van der Waals surface area contributed by atoms with E-state index in [1.54, 1.807) is 32.4 Å². The summed E-state index contributed by atoms with van der Waals surface area (Å²) in [5.74, 6) is -0.159. The SMILES string of the molecule is CNc1ccc(N)cc1C(=O)NCCOC. The maximum atomic E-state index is 11.8. The quantitative estimate of drug-likeness (QED) is 0.507. The van der Waals surface area contributed by atoms with Crippen molar-refractivity contribution in [2.75, 3.05) is 38.4 Å². The molecule has 4 N–H and O–H groups in total. The zero-order valence-corrected chi connectivity index (χ0v) is 9.54. The summed E-state index contributed by atoms with van der Waals surface area (Å²) in [6.07, 6.45) is 0. The van der Waals surface area contributed by atoms with Crippen LogP contribution in [0.5, 0.6) is 0 Å². The smallest absolute Gasteiger partial charge is 0.253 e. The first-order valence-corrected chi connectivity index (χ1v) is 5.03. The molecule has 0 spiro atoms. The Bertz CT molecular complexity index is 366. The lowest BCUT2D eigenvalue weighted by molar-refractivity contribution is 0.0938. The van der Waals surface area contributed by atoms with Crippen molar-refractivity contribution in [3.63, 3.8) is 0 Å². The fourth-order valence-corrected chi connectivity index (χ4v) is 1.33. The Morgan fingerprint density at radius 3 is 2.88 bits per heavy atom. The van der Waals surface area contributed by atoms with Crippen LogP contribution in [0, 0.1) is 0 Å². The van der Waals surface area contributed by atoms with E-state index in [4.69, 9.17) is 10.5 Å². The minimum atomic E-state index is -0.159. The van der Waals surface area contributed by atoms with E-state index in [-0.39, 0.29) is 5.91 Å². The van der Waals surface area contributed by atoms with Crippen LogP contribution in [-0.2, 0) is 4.74 Å². The summed E-state index contributed by atoms with van der Waals surface area (Å²) in [7, 11) is 3.35. The van der Waals surface area contributed by atoms with Gasteiger partial charge in [0.25, 0.3) is 5.91 Å². The number of rotatable bonds is 5. The predicted octanol–water partition coefficient (Wildman–Crippen LogP) is 0.687. The first-order valence-electron chi connectivity index (χ1n) is 5.03. The summed E-state index contributed by atoms with van der Waals surface area (Å²) in [4.78, 5) is 11.8. The average Bonchev–Trinajstić information content (AvgIpc) is 2.29. The molecule has 5 heteroatoms. The molecule has 0 aliphatic carbocycles. The van der Waals surface area contributed by atoms with Crippen molar-refractivity contribution in [3.05, 3.63) is 23.8 Å². The Morgan fingerprint density at radius 2 is 2.25 bits per heavy atom. The van der Waals surface area contributed by atoms with Crippen molar-refractivity contribution < 1.29 is 9.53 Å². The third-order valence-electron chi connectivity index (χ3n) is 2.15. The van der Waals surface area contributed by atoms with Crippen LogP contribution in [0.25, 0.3) is 0 Å². The number of benzene rings is 1. The number of ether oxygens (including phenoxy) is 1. The van der Waals surface area contributed by atoms with E-state index in [0.717, 1.165) is 5.69 Å². The zero-order valence-electron chi connectivity index (χ0n) is 9.54. The largest absolute Gasteiger partial charge is 0.399 e. The van der Waals surface area contributed by atoms with E-state index in [1.807, 2.05) is 0 Å². The third kappa shape index (κ3) is 3.13. The lowest BCUT2D eigenvalue weighted by Crippen LogP contribution is -2.27. The van der Waals surface area contributed by atoms with E-state index in [9.17, 15) is 4.79 Å². The lowest BCUT2D eigenvalue weighted by Gasteiger charge is -2.10. The van der Waals surface area contributed by atoms with Crippen LogP contribution in [-0.4, -0.2) is 33.2 Å². The van der Waals surface area contributed by atoms with Gasteiger partial charge in [-0.15, -0.1) is 0 Å². The number of amides is 1. The minimum absolute atomic E-state index is 0.159. The Hall–Kier alpha value is -1.75. The standard InChI is InChI=1S/C11H17N3O2/c1-13-10-4-3-8(12)7-9(10)11(15)14-5-6-16-2/h3-4,7,13H,5-6,12H2,1-2H3,(H,14,15). The summed E-state index contributed by atoms with van der Waals surface area (Å²) >= 11 is 0. The summed E-state index contributed by atoms with van der Waals surface area (Å²) in [6, 6.07) is 5.17. The van der Waals surface area contributed by atoms with Crippen molar-refractivity contribution >= 4 is 17.3 Å². The third-order valence-corrected chi connectivity index (χ3v) is 2.15. The van der Waals surface area contributed by atoms with Gasteiger partial charge in [0.05, 0.1) is 12.2 Å². The van der Waals surface area contributed by atoms with Gasteiger partial charge in [0.15, 0.2) is 0 Å². The molecule has 0 heterocycles. The summed E-state index contributed by atoms with van der Waals surface area (Å²) < 4.78 is 4.85. The molecule has 1 aromatic carbocycles. The van der Waals surface area contributed by atoms with Crippen molar-refractivity contribution in [1.29, 1.82) is 0 Å². The Kier molecular flexibility index (Phi) is 4.60. The van der Waals surface area contributed by atoms with E-state index >= 15 is 0 Å². The number of hydrogen-bond acceptors (Lipinski definition) is 4. The predicted molar refractivity (Wildman–Crippen MR) is 64.6 cm³/mol. The normalized spacial score (nSPS) is 9.88. The van der Waals surface area contributed by atoms with Gasteiger partial charge in [0, 0.05) is 32.1 Å². The van der Waals surface area contributed by atoms with Gasteiger partial charge in [0.1, 0.15) is 0 Å². The Balaban J connectivity index is 2.76. The molecule has 0 bridgehead atoms. The first kappa shape index (κ1) is 12.3. The molecule has 1 amide bonds. The Labute approximate surface area is 95.0 Å². The number of methoxy groups -OCH3 is 1. The molecule has 0 aliphatic rings. The second kappa shape index (κ2) is 5.97. The van der Waals surface area contributed by atoms with Crippen LogP contribution in [0.3, 0.4) is 0 Å². The van der Waals surface area contributed by atoms with E-state index < -0.39 is 0 Å². The molecule has 0 radical (unpaired) electrons. The molecule has 5 nitrogen and oxygen atoms in total. The molecule has 0 saturated carbocycles. The molecule has 0 saturated heterocycles. The number of hydrogen-bond donors (Lipinski definition) is 3. The number of carbonyl (C=O) groups is 1. The van der Waals surface area contributed by atoms with Crippen LogP contribution in [0.1, 0.15) is 10.4 Å². The van der Waals surface area contributed by atoms with Gasteiger partial charge in [-0.3, -0.25) is 4.79 Å². The number of carbonyl (C=O) groups excluding carboxylic acids is 1. The van der Waals surface area contributed by atoms with Gasteiger partial charge in [-0.05, 0) is 18.2 Å². The monoisotopic (exact) mass is 223 g/mol. The highest BCUT2D eigenvalue weighted by atomic mass is 16.5. The van der Waals surface area contributed by atoms with Crippen molar-refractivity contribution in [3.8, 4) is 0 Å². The molecule has 16 heavy (non-hydrogen) atoms. The maximum absolute atomic E-state index is 11.8. The van der Waals surface area contributed by atoms with Crippen LogP contribution < -0.4 is 16.4 Å². The lowest BCUT2D eigenvalue weighted by atomic mass is 10.1. The molecular formula is C11H17N3O2. The second-order valence-corrected chi connectivity index (χ2v) is 3.30. The average molecular weight is 223 g/mol. The van der Waals surface area contributed by atoms with Crippen LogP contribution in [0.2, 0.25) is 0 Å². The summed E-state index contributed by atoms with van der Waals surface area (Å²) in [6.45, 7) is 0.968. The van der Waals surface area contributed by atoms with Crippen molar-refractivity contribution in [1.82, 2.24) is 5.32 Å². The molecule has 0 fully saturated rings. The van der Waals surface area contributed by atoms with Gasteiger partial charge in [-0.2, -0.15) is 0 Å². The highest BCUT2D eigenvalue weighted by molar-refractivity contribution is 6.00. The highest BCUT2D eigenvalue weighted by Gasteiger charge is 2.10. The van der Waals surface area contributed by atoms with Gasteiger partial charge in [-0.25, -0.2) is 0 Å². The molecular weight excluding hydrogens is 206 g/mol. The first-order chi connectivity index (χ1) is 7.69. The zero-order chi connectivity index (χ0) is 12.0. The molecule has 1 rings (SSSR count). The van der Waals surface area contributed by atoms with Crippen LogP contribution >= 0.6 is 0 Å². The molecule has 0 atom stereocenters. The number of nitrogens with two attached hydrogens (primary N) is 1. The van der Waals surface area contributed by atoms with Gasteiger partial charge in [-0.1, -0.05) is 0 Å². The molecule has 0 unspecified atom stereocenters. The molecule has 0 aromatic heterocycles. The summed E-state index contributed by atoms with van der Waals surface area (Å²) in [5.41, 5.74) is 7.50. The maximum Gasteiger partial charge on any atom is 0.253 e. The van der Waals surface area contributed by atoms with Gasteiger partial charge < -0.3 is 21.1 Å². The van der Waals surface area contributed by atoms with Crippen molar-refractivity contribution in [2.24, 2.45) is 0 Å². The van der Waals surface area contributed by atoms with E-state index in [1.165, 1.54) is 0 Å². The highest BCUT2D eigenvalue weighted by Crippen LogP contribution is 2.18. The van der Waals surface area contributed by atoms with Crippen molar-refractivity contribution in [2.45, 2.75) is 0 Å². The second-order valence-electron chi connectivity index (χ2n) is 3.30. The van der Waals surface area contributed by atoms with E-state index in [0.29, 0.717) is 24.4 Å². The fourth-order valence-electron chi connectivity index (χ4n) is 1.33. The van der Waals surface area contributed by atoms with Gasteiger partial charge >= 0.3 is 0 Å². The number of nitrogens with one attached hydrogen (secondary N) is 2. The molecule has 0 aliphatic heterocycles. The fraction of sp³-hybridized carbons (Fsp3) is 0.364. The molecule has 1 aromatic rings. The van der Waals surface area contributed by atoms with Crippen LogP contribution in [0.15, 0.2) is 18.2 Å². The van der Waals surface area contributed by atoms with Gasteiger partial charge in [0.2, 0.25) is 0 Å². The Morgan fingerprint density at radius 1 is 1.50 bits per heavy atom. The van der Waals surface area contributed by atoms with Crippen LogP contribution in [0.4, 0.5) is 11.4 Å².